The first kappa shape index (κ1) is 19.9. The number of amides is 1. The normalized spacial score (nSPS) is 12.0. The molecule has 1 heterocycles. The fourth-order valence-electron chi connectivity index (χ4n) is 3.13. The summed E-state index contributed by atoms with van der Waals surface area (Å²) in [5, 5.41) is 2.85. The standard InChI is InChI=1S/C20H20BrN3O4/c1-23-16-8-3-4-9-17(16)24(20(23)27)12-18(25)22-15(11-19(26)28-2)13-6-5-7-14(21)10-13/h3-10,15H,11-12H2,1-2H3,(H,22,25). The van der Waals surface area contributed by atoms with Crippen molar-refractivity contribution in [2.45, 2.75) is 19.0 Å². The molecule has 0 radical (unpaired) electrons. The van der Waals surface area contributed by atoms with Gasteiger partial charge in [-0.3, -0.25) is 18.7 Å². The number of esters is 1. The second-order valence-electron chi connectivity index (χ2n) is 6.37. The number of nitrogens with zero attached hydrogens (tertiary/aromatic N) is 2. The van der Waals surface area contributed by atoms with E-state index in [4.69, 9.17) is 4.74 Å². The van der Waals surface area contributed by atoms with Crippen molar-refractivity contribution in [1.82, 2.24) is 14.5 Å². The smallest absolute Gasteiger partial charge is 0.329 e. The summed E-state index contributed by atoms with van der Waals surface area (Å²) in [5.41, 5.74) is 1.91. The first-order valence-corrected chi connectivity index (χ1v) is 9.46. The van der Waals surface area contributed by atoms with Gasteiger partial charge in [0.15, 0.2) is 0 Å². The summed E-state index contributed by atoms with van der Waals surface area (Å²) in [6.07, 6.45) is -0.0108. The highest BCUT2D eigenvalue weighted by Crippen LogP contribution is 2.21. The number of nitrogens with one attached hydrogen (secondary N) is 1. The van der Waals surface area contributed by atoms with E-state index in [0.29, 0.717) is 5.52 Å². The number of rotatable bonds is 6. The summed E-state index contributed by atoms with van der Waals surface area (Å²) in [4.78, 5) is 37.0. The van der Waals surface area contributed by atoms with Crippen LogP contribution in [0.4, 0.5) is 0 Å². The molecule has 0 fully saturated rings. The van der Waals surface area contributed by atoms with Crippen LogP contribution < -0.4 is 11.0 Å². The average molecular weight is 446 g/mol. The minimum atomic E-state index is -0.567. The highest BCUT2D eigenvalue weighted by atomic mass is 79.9. The van der Waals surface area contributed by atoms with Gasteiger partial charge in [0.05, 0.1) is 30.6 Å². The van der Waals surface area contributed by atoms with E-state index in [2.05, 4.69) is 21.2 Å². The summed E-state index contributed by atoms with van der Waals surface area (Å²) in [7, 11) is 2.97. The number of benzene rings is 2. The van der Waals surface area contributed by atoms with Crippen LogP contribution in [0.15, 0.2) is 57.8 Å². The molecular weight excluding hydrogens is 426 g/mol. The zero-order valence-corrected chi connectivity index (χ0v) is 17.1. The Kier molecular flexibility index (Phi) is 5.99. The summed E-state index contributed by atoms with van der Waals surface area (Å²) in [6, 6.07) is 14.0. The number of carbonyl (C=O) groups excluding carboxylic acids is 2. The Balaban J connectivity index is 1.86. The van der Waals surface area contributed by atoms with Gasteiger partial charge in [0.25, 0.3) is 0 Å². The van der Waals surface area contributed by atoms with Crippen LogP contribution in [0, 0.1) is 0 Å². The topological polar surface area (TPSA) is 82.3 Å². The van der Waals surface area contributed by atoms with Crippen molar-refractivity contribution in [2.75, 3.05) is 7.11 Å². The van der Waals surface area contributed by atoms with E-state index in [1.54, 1.807) is 13.1 Å². The van der Waals surface area contributed by atoms with Gasteiger partial charge in [-0.05, 0) is 29.8 Å². The minimum Gasteiger partial charge on any atom is -0.469 e. The van der Waals surface area contributed by atoms with Crippen molar-refractivity contribution >= 4 is 38.8 Å². The summed E-state index contributed by atoms with van der Waals surface area (Å²) in [5.74, 6) is -0.806. The largest absolute Gasteiger partial charge is 0.469 e. The molecule has 0 aliphatic heterocycles. The molecular formula is C20H20BrN3O4. The lowest BCUT2D eigenvalue weighted by Gasteiger charge is -2.18. The van der Waals surface area contributed by atoms with E-state index in [1.807, 2.05) is 42.5 Å². The van der Waals surface area contributed by atoms with Crippen LogP contribution in [0.25, 0.3) is 11.0 Å². The molecule has 1 N–H and O–H groups in total. The first-order valence-electron chi connectivity index (χ1n) is 8.66. The van der Waals surface area contributed by atoms with Crippen molar-refractivity contribution in [2.24, 2.45) is 7.05 Å². The molecule has 1 atom stereocenters. The van der Waals surface area contributed by atoms with Gasteiger partial charge in [0.1, 0.15) is 6.54 Å². The second kappa shape index (κ2) is 8.43. The highest BCUT2D eigenvalue weighted by Gasteiger charge is 2.21. The lowest BCUT2D eigenvalue weighted by atomic mass is 10.0. The zero-order valence-electron chi connectivity index (χ0n) is 15.5. The number of para-hydroxylation sites is 2. The Morgan fingerprint density at radius 2 is 1.86 bits per heavy atom. The molecule has 146 valence electrons. The van der Waals surface area contributed by atoms with Crippen molar-refractivity contribution < 1.29 is 14.3 Å². The molecule has 28 heavy (non-hydrogen) atoms. The van der Waals surface area contributed by atoms with Crippen LogP contribution in [0.3, 0.4) is 0 Å². The fraction of sp³-hybridized carbons (Fsp3) is 0.250. The maximum absolute atomic E-state index is 12.7. The van der Waals surface area contributed by atoms with Crippen LogP contribution in [0.1, 0.15) is 18.0 Å². The van der Waals surface area contributed by atoms with E-state index in [-0.39, 0.29) is 24.6 Å². The first-order chi connectivity index (χ1) is 13.4. The van der Waals surface area contributed by atoms with E-state index < -0.39 is 12.0 Å². The second-order valence-corrected chi connectivity index (χ2v) is 7.29. The molecule has 0 bridgehead atoms. The van der Waals surface area contributed by atoms with Gasteiger partial charge in [-0.25, -0.2) is 4.79 Å². The number of fused-ring (bicyclic) bond motifs is 1. The molecule has 0 saturated heterocycles. The molecule has 1 aromatic heterocycles. The molecule has 1 unspecified atom stereocenters. The Hall–Kier alpha value is -2.87. The van der Waals surface area contributed by atoms with Gasteiger partial charge in [-0.1, -0.05) is 40.2 Å². The van der Waals surface area contributed by atoms with Gasteiger partial charge in [-0.15, -0.1) is 0 Å². The van der Waals surface area contributed by atoms with E-state index >= 15 is 0 Å². The Morgan fingerprint density at radius 3 is 2.54 bits per heavy atom. The maximum Gasteiger partial charge on any atom is 0.329 e. The van der Waals surface area contributed by atoms with E-state index in [0.717, 1.165) is 15.6 Å². The summed E-state index contributed by atoms with van der Waals surface area (Å²) < 4.78 is 8.50. The van der Waals surface area contributed by atoms with Crippen LogP contribution in [0.5, 0.6) is 0 Å². The number of imidazole rings is 1. The number of aromatic nitrogens is 2. The molecule has 7 nitrogen and oxygen atoms in total. The van der Waals surface area contributed by atoms with Crippen molar-refractivity contribution in [1.29, 1.82) is 0 Å². The average Bonchev–Trinajstić information content (AvgIpc) is 2.92. The predicted molar refractivity (Wildman–Crippen MR) is 109 cm³/mol. The third-order valence-corrected chi connectivity index (χ3v) is 5.03. The van der Waals surface area contributed by atoms with Gasteiger partial charge in [-0.2, -0.15) is 0 Å². The highest BCUT2D eigenvalue weighted by molar-refractivity contribution is 9.10. The Labute approximate surface area is 170 Å². The minimum absolute atomic E-state index is 0.0108. The molecule has 2 aromatic carbocycles. The number of carbonyl (C=O) groups is 2. The molecule has 8 heteroatoms. The SMILES string of the molecule is COC(=O)CC(NC(=O)Cn1c(=O)n(C)c2ccccc21)c1cccc(Br)c1. The lowest BCUT2D eigenvalue weighted by Crippen LogP contribution is -2.35. The number of methoxy groups -OCH3 is 1. The van der Waals surface area contributed by atoms with Crippen LogP contribution in [0.2, 0.25) is 0 Å². The maximum atomic E-state index is 12.7. The molecule has 1 amide bonds. The quantitative estimate of drug-likeness (QED) is 0.590. The number of hydrogen-bond donors (Lipinski definition) is 1. The monoisotopic (exact) mass is 445 g/mol. The van der Waals surface area contributed by atoms with Crippen LogP contribution in [-0.4, -0.2) is 28.1 Å². The van der Waals surface area contributed by atoms with Gasteiger partial charge >= 0.3 is 11.7 Å². The molecule has 0 saturated carbocycles. The van der Waals surface area contributed by atoms with E-state index in [1.165, 1.54) is 16.2 Å². The van der Waals surface area contributed by atoms with Crippen LogP contribution >= 0.6 is 15.9 Å². The van der Waals surface area contributed by atoms with Gasteiger partial charge < -0.3 is 10.1 Å². The third kappa shape index (κ3) is 4.17. The van der Waals surface area contributed by atoms with Gasteiger partial charge in [0, 0.05) is 11.5 Å². The Bertz CT molecular complexity index is 1090. The molecule has 0 aliphatic rings. The molecule has 0 aliphatic carbocycles. The van der Waals surface area contributed by atoms with Crippen molar-refractivity contribution in [3.63, 3.8) is 0 Å². The van der Waals surface area contributed by atoms with Crippen molar-refractivity contribution in [3.05, 3.63) is 69.1 Å². The number of halogens is 1. The summed E-state index contributed by atoms with van der Waals surface area (Å²) in [6.45, 7) is -0.147. The zero-order chi connectivity index (χ0) is 20.3. The fourth-order valence-corrected chi connectivity index (χ4v) is 3.54. The molecule has 3 aromatic rings. The van der Waals surface area contributed by atoms with E-state index in [9.17, 15) is 14.4 Å². The third-order valence-electron chi connectivity index (χ3n) is 4.54. The molecule has 3 rings (SSSR count). The van der Waals surface area contributed by atoms with Gasteiger partial charge in [0.2, 0.25) is 5.91 Å². The lowest BCUT2D eigenvalue weighted by molar-refractivity contribution is -0.141. The number of aryl methyl sites for hydroxylation is 1. The molecule has 0 spiro atoms. The summed E-state index contributed by atoms with van der Waals surface area (Å²) >= 11 is 3.40. The van der Waals surface area contributed by atoms with Crippen LogP contribution in [-0.2, 0) is 27.9 Å². The number of ether oxygens (including phenoxy) is 1. The predicted octanol–water partition coefficient (Wildman–Crippen LogP) is 2.52. The van der Waals surface area contributed by atoms with Crippen molar-refractivity contribution in [3.8, 4) is 0 Å². The Morgan fingerprint density at radius 1 is 1.14 bits per heavy atom. The number of hydrogen-bond acceptors (Lipinski definition) is 4.